The number of benzene rings is 1. The number of hydrogen-bond donors (Lipinski definition) is 1. The van der Waals surface area contributed by atoms with Crippen molar-refractivity contribution in [3.8, 4) is 5.75 Å². The van der Waals surface area contributed by atoms with Gasteiger partial charge in [0, 0.05) is 4.47 Å². The second kappa shape index (κ2) is 6.56. The zero-order valence-corrected chi connectivity index (χ0v) is 12.4. The van der Waals surface area contributed by atoms with Gasteiger partial charge in [0.25, 0.3) is 0 Å². The summed E-state index contributed by atoms with van der Waals surface area (Å²) < 4.78 is 8.49. The first kappa shape index (κ1) is 13.9. The Balaban J connectivity index is 1.92. The highest BCUT2D eigenvalue weighted by Gasteiger charge is 2.08. The molecule has 2 aromatic rings. The molecular formula is C13H17BrN4O. The second-order valence-electron chi connectivity index (χ2n) is 4.20. The van der Waals surface area contributed by atoms with Gasteiger partial charge in [0.2, 0.25) is 0 Å². The molecular weight excluding hydrogens is 308 g/mol. The molecule has 1 aromatic carbocycles. The third-order valence-corrected chi connectivity index (χ3v) is 3.22. The van der Waals surface area contributed by atoms with Gasteiger partial charge in [-0.3, -0.25) is 0 Å². The fourth-order valence-corrected chi connectivity index (χ4v) is 2.20. The molecule has 0 amide bonds. The molecule has 0 bridgehead atoms. The molecule has 5 nitrogen and oxygen atoms in total. The molecule has 6 heteroatoms. The predicted molar refractivity (Wildman–Crippen MR) is 78.1 cm³/mol. The SMILES string of the molecule is CCCc1c(N)nnn1CCOc1cccc(Br)c1. The lowest BCUT2D eigenvalue weighted by molar-refractivity contribution is 0.287. The Kier molecular flexibility index (Phi) is 4.79. The number of aromatic nitrogens is 3. The smallest absolute Gasteiger partial charge is 0.169 e. The Morgan fingerprint density at radius 1 is 1.42 bits per heavy atom. The van der Waals surface area contributed by atoms with E-state index in [4.69, 9.17) is 10.5 Å². The fraction of sp³-hybridized carbons (Fsp3) is 0.385. The Bertz CT molecular complexity index is 541. The normalized spacial score (nSPS) is 10.6. The molecule has 0 unspecified atom stereocenters. The maximum absolute atomic E-state index is 5.79. The molecule has 102 valence electrons. The Morgan fingerprint density at radius 2 is 2.26 bits per heavy atom. The van der Waals surface area contributed by atoms with E-state index in [1.54, 1.807) is 0 Å². The van der Waals surface area contributed by atoms with Gasteiger partial charge in [0.1, 0.15) is 12.4 Å². The van der Waals surface area contributed by atoms with Crippen LogP contribution in [0, 0.1) is 0 Å². The summed E-state index contributed by atoms with van der Waals surface area (Å²) in [5.41, 5.74) is 6.78. The van der Waals surface area contributed by atoms with Crippen LogP contribution < -0.4 is 10.5 Å². The van der Waals surface area contributed by atoms with Crippen LogP contribution in [0.25, 0.3) is 0 Å². The second-order valence-corrected chi connectivity index (χ2v) is 5.12. The number of rotatable bonds is 6. The van der Waals surface area contributed by atoms with E-state index in [0.29, 0.717) is 19.0 Å². The Morgan fingerprint density at radius 3 is 3.00 bits per heavy atom. The van der Waals surface area contributed by atoms with Crippen LogP contribution in [0.4, 0.5) is 5.82 Å². The fourth-order valence-electron chi connectivity index (χ4n) is 1.83. The van der Waals surface area contributed by atoms with Crippen LogP contribution in [0.2, 0.25) is 0 Å². The van der Waals surface area contributed by atoms with Crippen molar-refractivity contribution in [1.82, 2.24) is 15.0 Å². The van der Waals surface area contributed by atoms with Gasteiger partial charge in [0.15, 0.2) is 5.82 Å². The van der Waals surface area contributed by atoms with E-state index in [-0.39, 0.29) is 0 Å². The lowest BCUT2D eigenvalue weighted by Gasteiger charge is -2.08. The summed E-state index contributed by atoms with van der Waals surface area (Å²) in [6.45, 7) is 3.29. The summed E-state index contributed by atoms with van der Waals surface area (Å²) >= 11 is 3.41. The third-order valence-electron chi connectivity index (χ3n) is 2.72. The lowest BCUT2D eigenvalue weighted by Crippen LogP contribution is -2.12. The first-order valence-electron chi connectivity index (χ1n) is 6.27. The molecule has 0 saturated carbocycles. The maximum atomic E-state index is 5.79. The summed E-state index contributed by atoms with van der Waals surface area (Å²) in [6.07, 6.45) is 1.90. The molecule has 0 aliphatic rings. The van der Waals surface area contributed by atoms with E-state index in [0.717, 1.165) is 28.8 Å². The molecule has 0 saturated heterocycles. The predicted octanol–water partition coefficient (Wildman–Crippen LogP) is 2.65. The first-order valence-corrected chi connectivity index (χ1v) is 7.06. The minimum Gasteiger partial charge on any atom is -0.492 e. The highest BCUT2D eigenvalue weighted by Crippen LogP contribution is 2.18. The van der Waals surface area contributed by atoms with Gasteiger partial charge in [-0.25, -0.2) is 4.68 Å². The van der Waals surface area contributed by atoms with E-state index < -0.39 is 0 Å². The van der Waals surface area contributed by atoms with Crippen molar-refractivity contribution >= 4 is 21.7 Å². The molecule has 1 aromatic heterocycles. The van der Waals surface area contributed by atoms with Crippen LogP contribution >= 0.6 is 15.9 Å². The van der Waals surface area contributed by atoms with Gasteiger partial charge in [-0.1, -0.05) is 40.6 Å². The number of hydrogen-bond acceptors (Lipinski definition) is 4. The van der Waals surface area contributed by atoms with Crippen LogP contribution in [-0.2, 0) is 13.0 Å². The third kappa shape index (κ3) is 3.70. The highest BCUT2D eigenvalue weighted by atomic mass is 79.9. The van der Waals surface area contributed by atoms with Crippen LogP contribution in [0.3, 0.4) is 0 Å². The Hall–Kier alpha value is -1.56. The minimum atomic E-state index is 0.518. The molecule has 19 heavy (non-hydrogen) atoms. The molecule has 2 N–H and O–H groups in total. The van der Waals surface area contributed by atoms with Gasteiger partial charge in [0.05, 0.1) is 12.2 Å². The van der Waals surface area contributed by atoms with Crippen LogP contribution in [0.15, 0.2) is 28.7 Å². The van der Waals surface area contributed by atoms with Gasteiger partial charge in [-0.15, -0.1) is 5.10 Å². The van der Waals surface area contributed by atoms with Crippen molar-refractivity contribution in [2.45, 2.75) is 26.3 Å². The average Bonchev–Trinajstić information content (AvgIpc) is 2.72. The maximum Gasteiger partial charge on any atom is 0.169 e. The van der Waals surface area contributed by atoms with Gasteiger partial charge < -0.3 is 10.5 Å². The topological polar surface area (TPSA) is 66.0 Å². The Labute approximate surface area is 120 Å². The van der Waals surface area contributed by atoms with Gasteiger partial charge >= 0.3 is 0 Å². The number of halogens is 1. The summed E-state index contributed by atoms with van der Waals surface area (Å²) in [4.78, 5) is 0. The van der Waals surface area contributed by atoms with Gasteiger partial charge in [-0.2, -0.15) is 0 Å². The highest BCUT2D eigenvalue weighted by molar-refractivity contribution is 9.10. The summed E-state index contributed by atoms with van der Waals surface area (Å²) in [5, 5.41) is 7.94. The van der Waals surface area contributed by atoms with E-state index in [9.17, 15) is 0 Å². The van der Waals surface area contributed by atoms with Crippen molar-refractivity contribution < 1.29 is 4.74 Å². The van der Waals surface area contributed by atoms with E-state index >= 15 is 0 Å². The van der Waals surface area contributed by atoms with Crippen molar-refractivity contribution in [3.63, 3.8) is 0 Å². The monoisotopic (exact) mass is 324 g/mol. The molecule has 1 heterocycles. The van der Waals surface area contributed by atoms with Crippen LogP contribution in [-0.4, -0.2) is 21.6 Å². The largest absolute Gasteiger partial charge is 0.492 e. The van der Waals surface area contributed by atoms with Crippen molar-refractivity contribution in [1.29, 1.82) is 0 Å². The molecule has 0 radical (unpaired) electrons. The summed E-state index contributed by atoms with van der Waals surface area (Å²) in [5.74, 6) is 1.35. The molecule has 0 fully saturated rings. The first-order chi connectivity index (χ1) is 9.20. The average molecular weight is 325 g/mol. The number of nitrogens with zero attached hydrogens (tertiary/aromatic N) is 3. The summed E-state index contributed by atoms with van der Waals surface area (Å²) in [7, 11) is 0. The summed E-state index contributed by atoms with van der Waals surface area (Å²) in [6, 6.07) is 7.76. The molecule has 0 aliphatic carbocycles. The standard InChI is InChI=1S/C13H17BrN4O/c1-2-4-12-13(15)16-17-18(12)7-8-19-11-6-3-5-10(14)9-11/h3,5-6,9H,2,4,7-8,15H2,1H3. The van der Waals surface area contributed by atoms with Crippen molar-refractivity contribution in [3.05, 3.63) is 34.4 Å². The molecule has 2 rings (SSSR count). The van der Waals surface area contributed by atoms with Crippen molar-refractivity contribution in [2.24, 2.45) is 0 Å². The minimum absolute atomic E-state index is 0.518. The lowest BCUT2D eigenvalue weighted by atomic mass is 10.2. The van der Waals surface area contributed by atoms with E-state index in [2.05, 4.69) is 33.2 Å². The number of anilines is 1. The molecule has 0 aliphatic heterocycles. The van der Waals surface area contributed by atoms with E-state index in [1.165, 1.54) is 0 Å². The molecule has 0 atom stereocenters. The van der Waals surface area contributed by atoms with Crippen LogP contribution in [0.1, 0.15) is 19.0 Å². The number of nitrogen functional groups attached to an aromatic ring is 1. The van der Waals surface area contributed by atoms with Crippen LogP contribution in [0.5, 0.6) is 5.75 Å². The van der Waals surface area contributed by atoms with Crippen molar-refractivity contribution in [2.75, 3.05) is 12.3 Å². The molecule has 0 spiro atoms. The number of nitrogens with two attached hydrogens (primary N) is 1. The van der Waals surface area contributed by atoms with E-state index in [1.807, 2.05) is 28.9 Å². The quantitative estimate of drug-likeness (QED) is 0.887. The zero-order valence-electron chi connectivity index (χ0n) is 10.8. The zero-order chi connectivity index (χ0) is 13.7. The van der Waals surface area contributed by atoms with Gasteiger partial charge in [-0.05, 0) is 24.6 Å². The number of ether oxygens (including phenoxy) is 1.